The zero-order valence-corrected chi connectivity index (χ0v) is 14.8. The minimum absolute atomic E-state index is 0.0664. The lowest BCUT2D eigenvalue weighted by Gasteiger charge is -2.33. The van der Waals surface area contributed by atoms with Gasteiger partial charge in [-0.1, -0.05) is 25.4 Å². The number of hydrogen-bond acceptors (Lipinski definition) is 3. The fourth-order valence-corrected chi connectivity index (χ4v) is 4.08. The summed E-state index contributed by atoms with van der Waals surface area (Å²) in [5.41, 5.74) is -0.937. The van der Waals surface area contributed by atoms with E-state index < -0.39 is 29.6 Å². The molecule has 1 fully saturated rings. The van der Waals surface area contributed by atoms with Crippen molar-refractivity contribution in [2.45, 2.75) is 38.5 Å². The van der Waals surface area contributed by atoms with E-state index >= 15 is 0 Å². The molecule has 1 aromatic rings. The lowest BCUT2D eigenvalue weighted by Crippen LogP contribution is -2.48. The predicted octanol–water partition coefficient (Wildman–Crippen LogP) is 4.31. The molecule has 0 bridgehead atoms. The molecule has 1 saturated carbocycles. The number of hydrogen-bond donors (Lipinski definition) is 1. The molecule has 0 saturated heterocycles. The highest BCUT2D eigenvalue weighted by Gasteiger charge is 2.75. The monoisotopic (exact) mass is 377 g/mol. The first-order valence-electron chi connectivity index (χ1n) is 7.99. The molecule has 1 aliphatic heterocycles. The van der Waals surface area contributed by atoms with Crippen LogP contribution in [0.25, 0.3) is 0 Å². The number of carboxylic acid groups (broad SMARTS) is 1. The van der Waals surface area contributed by atoms with Crippen molar-refractivity contribution in [3.63, 3.8) is 0 Å². The summed E-state index contributed by atoms with van der Waals surface area (Å²) in [6, 6.07) is 3.04. The zero-order valence-electron chi connectivity index (χ0n) is 14.0. The van der Waals surface area contributed by atoms with E-state index in [0.29, 0.717) is 28.7 Å². The number of fused-ring (bicyclic) bond motifs is 3. The molecule has 0 radical (unpaired) electrons. The van der Waals surface area contributed by atoms with Crippen LogP contribution in [0.2, 0.25) is 5.02 Å². The number of anilines is 1. The molecule has 4 nitrogen and oxygen atoms in total. The zero-order chi connectivity index (χ0) is 18.7. The molecule has 1 aliphatic carbocycles. The third kappa shape index (κ3) is 2.82. The van der Waals surface area contributed by atoms with E-state index in [1.165, 1.54) is 6.07 Å². The second-order valence-electron chi connectivity index (χ2n) is 7.26. The van der Waals surface area contributed by atoms with Gasteiger partial charge in [0, 0.05) is 31.1 Å². The Morgan fingerprint density at radius 3 is 2.64 bits per heavy atom. The summed E-state index contributed by atoms with van der Waals surface area (Å²) in [5, 5.41) is 9.77. The van der Waals surface area contributed by atoms with Gasteiger partial charge in [0.1, 0.15) is 11.2 Å². The molecule has 0 aromatic heterocycles. The quantitative estimate of drug-likeness (QED) is 0.849. The molecule has 2 aliphatic rings. The van der Waals surface area contributed by atoms with Crippen molar-refractivity contribution in [3.05, 3.63) is 22.7 Å². The van der Waals surface area contributed by atoms with Gasteiger partial charge in [0.2, 0.25) is 6.10 Å². The van der Waals surface area contributed by atoms with E-state index in [1.54, 1.807) is 13.1 Å². The first kappa shape index (κ1) is 18.2. The Morgan fingerprint density at radius 1 is 1.48 bits per heavy atom. The Kier molecular flexibility index (Phi) is 4.14. The van der Waals surface area contributed by atoms with Crippen LogP contribution in [-0.4, -0.2) is 36.9 Å². The number of ether oxygens (including phenoxy) is 1. The summed E-state index contributed by atoms with van der Waals surface area (Å²) in [7, 11) is 1.80. The SMILES string of the molecule is CC(C)CN(C)c1cc2c(cc1Cl)C1CC1(C(=O)O)C(C(F)(F)F)O2. The molecular weight excluding hydrogens is 359 g/mol. The van der Waals surface area contributed by atoms with Crippen LogP contribution in [0.15, 0.2) is 12.1 Å². The van der Waals surface area contributed by atoms with Gasteiger partial charge in [0.05, 0.1) is 10.7 Å². The van der Waals surface area contributed by atoms with Crippen LogP contribution < -0.4 is 9.64 Å². The highest BCUT2D eigenvalue weighted by Crippen LogP contribution is 2.69. The molecule has 25 heavy (non-hydrogen) atoms. The summed E-state index contributed by atoms with van der Waals surface area (Å²) in [6.45, 7) is 4.71. The maximum atomic E-state index is 13.4. The molecule has 0 spiro atoms. The average Bonchev–Trinajstić information content (AvgIpc) is 3.21. The average molecular weight is 378 g/mol. The van der Waals surface area contributed by atoms with Crippen LogP contribution in [0.4, 0.5) is 18.9 Å². The molecule has 3 rings (SSSR count). The topological polar surface area (TPSA) is 49.8 Å². The number of rotatable bonds is 4. The van der Waals surface area contributed by atoms with E-state index in [1.807, 2.05) is 18.7 Å². The van der Waals surface area contributed by atoms with Crippen molar-refractivity contribution in [2.75, 3.05) is 18.5 Å². The molecule has 3 unspecified atom stereocenters. The number of nitrogens with zero attached hydrogens (tertiary/aromatic N) is 1. The first-order chi connectivity index (χ1) is 11.5. The summed E-state index contributed by atoms with van der Waals surface area (Å²) in [5.74, 6) is -1.81. The van der Waals surface area contributed by atoms with Crippen molar-refractivity contribution in [1.29, 1.82) is 0 Å². The van der Waals surface area contributed by atoms with Crippen molar-refractivity contribution in [1.82, 2.24) is 0 Å². The first-order valence-corrected chi connectivity index (χ1v) is 8.37. The van der Waals surface area contributed by atoms with Gasteiger partial charge in [-0.25, -0.2) is 0 Å². The number of halogens is 4. The Bertz CT molecular complexity index is 722. The summed E-state index contributed by atoms with van der Waals surface area (Å²) in [4.78, 5) is 13.4. The summed E-state index contributed by atoms with van der Waals surface area (Å²) < 4.78 is 45.4. The van der Waals surface area contributed by atoms with Crippen LogP contribution in [0.5, 0.6) is 5.75 Å². The molecule has 8 heteroatoms. The second-order valence-corrected chi connectivity index (χ2v) is 7.66. The van der Waals surface area contributed by atoms with Crippen LogP contribution >= 0.6 is 11.6 Å². The molecule has 3 atom stereocenters. The van der Waals surface area contributed by atoms with Gasteiger partial charge in [-0.3, -0.25) is 4.79 Å². The van der Waals surface area contributed by atoms with Gasteiger partial charge in [-0.05, 0) is 18.4 Å². The Labute approximate surface area is 148 Å². The van der Waals surface area contributed by atoms with Crippen LogP contribution in [0.3, 0.4) is 0 Å². The normalized spacial score (nSPS) is 27.4. The van der Waals surface area contributed by atoms with Gasteiger partial charge in [0.25, 0.3) is 0 Å². The fraction of sp³-hybridized carbons (Fsp3) is 0.588. The fourth-order valence-electron chi connectivity index (χ4n) is 3.77. The largest absolute Gasteiger partial charge is 0.481 e. The third-order valence-electron chi connectivity index (χ3n) is 4.92. The molecule has 0 amide bonds. The van der Waals surface area contributed by atoms with Crippen LogP contribution in [0.1, 0.15) is 31.7 Å². The minimum atomic E-state index is -4.76. The van der Waals surface area contributed by atoms with Crippen LogP contribution in [-0.2, 0) is 4.79 Å². The lowest BCUT2D eigenvalue weighted by atomic mass is 9.89. The third-order valence-corrected chi connectivity index (χ3v) is 5.22. The van der Waals surface area contributed by atoms with Gasteiger partial charge >= 0.3 is 12.1 Å². The predicted molar refractivity (Wildman–Crippen MR) is 87.5 cm³/mol. The summed E-state index contributed by atoms with van der Waals surface area (Å²) in [6.07, 6.45) is -7.20. The second kappa shape index (κ2) is 5.69. The smallest absolute Gasteiger partial charge is 0.426 e. The molecule has 1 heterocycles. The summed E-state index contributed by atoms with van der Waals surface area (Å²) >= 11 is 6.31. The van der Waals surface area contributed by atoms with Gasteiger partial charge < -0.3 is 14.7 Å². The van der Waals surface area contributed by atoms with E-state index in [4.69, 9.17) is 16.3 Å². The Morgan fingerprint density at radius 2 is 2.12 bits per heavy atom. The maximum absolute atomic E-state index is 13.4. The Balaban J connectivity index is 2.04. The molecular formula is C17H19ClF3NO3. The number of carboxylic acids is 1. The van der Waals surface area contributed by atoms with E-state index in [9.17, 15) is 23.1 Å². The Hall–Kier alpha value is -1.63. The van der Waals surface area contributed by atoms with Crippen LogP contribution in [0, 0.1) is 11.3 Å². The maximum Gasteiger partial charge on any atom is 0.426 e. The standard InChI is InChI=1S/C17H19ClF3NO3/c1-8(2)7-22(3)12-5-13-9(4-11(12)18)10-6-16(10,15(23)24)14(25-13)17(19,20)21/h4-5,8,10,14H,6-7H2,1-3H3,(H,23,24). The number of alkyl halides is 3. The number of benzene rings is 1. The highest BCUT2D eigenvalue weighted by molar-refractivity contribution is 6.33. The number of carbonyl (C=O) groups is 1. The molecule has 1 aromatic carbocycles. The number of aliphatic carboxylic acids is 1. The molecule has 138 valence electrons. The van der Waals surface area contributed by atoms with E-state index in [0.717, 1.165) is 0 Å². The minimum Gasteiger partial charge on any atom is -0.481 e. The van der Waals surface area contributed by atoms with E-state index in [2.05, 4.69) is 0 Å². The van der Waals surface area contributed by atoms with E-state index in [-0.39, 0.29) is 12.2 Å². The van der Waals surface area contributed by atoms with Crippen molar-refractivity contribution in [2.24, 2.45) is 11.3 Å². The highest BCUT2D eigenvalue weighted by atomic mass is 35.5. The van der Waals surface area contributed by atoms with Gasteiger partial charge in [0.15, 0.2) is 0 Å². The van der Waals surface area contributed by atoms with Gasteiger partial charge in [-0.2, -0.15) is 13.2 Å². The van der Waals surface area contributed by atoms with Crippen molar-refractivity contribution >= 4 is 23.3 Å². The molecule has 1 N–H and O–H groups in total. The van der Waals surface area contributed by atoms with Crippen molar-refractivity contribution < 1.29 is 27.8 Å². The van der Waals surface area contributed by atoms with Gasteiger partial charge in [-0.15, -0.1) is 0 Å². The van der Waals surface area contributed by atoms with Crippen molar-refractivity contribution in [3.8, 4) is 5.75 Å². The lowest BCUT2D eigenvalue weighted by molar-refractivity contribution is -0.222.